The van der Waals surface area contributed by atoms with Crippen molar-refractivity contribution in [1.29, 1.82) is 0 Å². The molecule has 0 spiro atoms. The summed E-state index contributed by atoms with van der Waals surface area (Å²) in [6, 6.07) is 8.49. The summed E-state index contributed by atoms with van der Waals surface area (Å²) in [7, 11) is 0. The standard InChI is InChI=1S/C14H19NO/c1-10(16)15-12-8-6-5-7-11(12)9-13(15)14(2,3)4/h5-8,13H,9H2,1-4H3. The van der Waals surface area contributed by atoms with E-state index in [1.165, 1.54) is 5.56 Å². The van der Waals surface area contributed by atoms with Crippen molar-refractivity contribution in [2.45, 2.75) is 40.2 Å². The molecule has 2 rings (SSSR count). The molecule has 1 heterocycles. The number of nitrogens with zero attached hydrogens (tertiary/aromatic N) is 1. The minimum atomic E-state index is 0.116. The number of rotatable bonds is 0. The maximum absolute atomic E-state index is 11.8. The van der Waals surface area contributed by atoms with Gasteiger partial charge in [-0.2, -0.15) is 0 Å². The lowest BCUT2D eigenvalue weighted by molar-refractivity contribution is -0.117. The van der Waals surface area contributed by atoms with Gasteiger partial charge in [0.1, 0.15) is 0 Å². The fourth-order valence-electron chi connectivity index (χ4n) is 2.47. The Balaban J connectivity index is 2.46. The van der Waals surface area contributed by atoms with Gasteiger partial charge < -0.3 is 4.90 Å². The molecule has 0 aliphatic carbocycles. The van der Waals surface area contributed by atoms with Gasteiger partial charge in [-0.15, -0.1) is 0 Å². The van der Waals surface area contributed by atoms with E-state index >= 15 is 0 Å². The molecular formula is C14H19NO. The lowest BCUT2D eigenvalue weighted by atomic mass is 9.84. The summed E-state index contributed by atoms with van der Waals surface area (Å²) in [5.74, 6) is 0.143. The third-order valence-corrected chi connectivity index (χ3v) is 3.32. The van der Waals surface area contributed by atoms with E-state index in [-0.39, 0.29) is 17.4 Å². The molecule has 0 saturated heterocycles. The minimum Gasteiger partial charge on any atom is -0.308 e. The van der Waals surface area contributed by atoms with Crippen molar-refractivity contribution in [3.63, 3.8) is 0 Å². The molecule has 1 aliphatic heterocycles. The second kappa shape index (κ2) is 3.62. The van der Waals surface area contributed by atoms with Crippen molar-refractivity contribution in [2.75, 3.05) is 4.90 Å². The number of fused-ring (bicyclic) bond motifs is 1. The van der Waals surface area contributed by atoms with Crippen molar-refractivity contribution in [1.82, 2.24) is 0 Å². The quantitative estimate of drug-likeness (QED) is 0.654. The van der Waals surface area contributed by atoms with Gasteiger partial charge in [0, 0.05) is 18.7 Å². The molecule has 1 amide bonds. The van der Waals surface area contributed by atoms with Gasteiger partial charge in [0.05, 0.1) is 0 Å². The van der Waals surface area contributed by atoms with E-state index in [2.05, 4.69) is 26.8 Å². The largest absolute Gasteiger partial charge is 0.308 e. The van der Waals surface area contributed by atoms with Crippen LogP contribution in [0.15, 0.2) is 24.3 Å². The molecule has 1 aliphatic rings. The average molecular weight is 217 g/mol. The van der Waals surface area contributed by atoms with Crippen LogP contribution in [0.25, 0.3) is 0 Å². The number of hydrogen-bond donors (Lipinski definition) is 0. The van der Waals surface area contributed by atoms with Gasteiger partial charge in [-0.05, 0) is 23.5 Å². The Hall–Kier alpha value is -1.31. The summed E-state index contributed by atoms with van der Waals surface area (Å²) >= 11 is 0. The third kappa shape index (κ3) is 1.73. The summed E-state index contributed by atoms with van der Waals surface area (Å²) < 4.78 is 0. The van der Waals surface area contributed by atoms with Crippen LogP contribution in [0.2, 0.25) is 0 Å². The molecule has 0 saturated carbocycles. The molecule has 1 aromatic rings. The van der Waals surface area contributed by atoms with Crippen molar-refractivity contribution in [2.24, 2.45) is 5.41 Å². The minimum absolute atomic E-state index is 0.116. The van der Waals surface area contributed by atoms with Crippen molar-refractivity contribution >= 4 is 11.6 Å². The monoisotopic (exact) mass is 217 g/mol. The highest BCUT2D eigenvalue weighted by atomic mass is 16.2. The van der Waals surface area contributed by atoms with E-state index in [0.29, 0.717) is 0 Å². The first-order valence-corrected chi connectivity index (χ1v) is 5.79. The summed E-state index contributed by atoms with van der Waals surface area (Å²) in [4.78, 5) is 13.7. The second-order valence-corrected chi connectivity index (χ2v) is 5.60. The summed E-state index contributed by atoms with van der Waals surface area (Å²) in [6.07, 6.45) is 0.971. The number of anilines is 1. The molecule has 2 heteroatoms. The van der Waals surface area contributed by atoms with Gasteiger partial charge in [0.25, 0.3) is 0 Å². The smallest absolute Gasteiger partial charge is 0.224 e. The van der Waals surface area contributed by atoms with Crippen LogP contribution >= 0.6 is 0 Å². The number of amides is 1. The highest BCUT2D eigenvalue weighted by Gasteiger charge is 2.38. The molecule has 86 valence electrons. The predicted molar refractivity (Wildman–Crippen MR) is 66.5 cm³/mol. The maximum atomic E-state index is 11.8. The molecule has 0 bridgehead atoms. The molecule has 0 N–H and O–H groups in total. The van der Waals surface area contributed by atoms with Crippen LogP contribution in [0.1, 0.15) is 33.3 Å². The van der Waals surface area contributed by atoms with Crippen molar-refractivity contribution in [3.8, 4) is 0 Å². The molecule has 0 aromatic heterocycles. The molecule has 0 fully saturated rings. The lowest BCUT2D eigenvalue weighted by Gasteiger charge is -2.34. The Bertz CT molecular complexity index is 417. The van der Waals surface area contributed by atoms with Crippen LogP contribution < -0.4 is 4.90 Å². The first kappa shape index (κ1) is 11.2. The normalized spacial score (nSPS) is 19.8. The zero-order valence-corrected chi connectivity index (χ0v) is 10.4. The van der Waals surface area contributed by atoms with Gasteiger partial charge in [-0.25, -0.2) is 0 Å². The Labute approximate surface area is 97.3 Å². The fourth-order valence-corrected chi connectivity index (χ4v) is 2.47. The Morgan fingerprint density at radius 3 is 2.50 bits per heavy atom. The van der Waals surface area contributed by atoms with E-state index in [0.717, 1.165) is 12.1 Å². The SMILES string of the molecule is CC(=O)N1c2ccccc2CC1C(C)(C)C. The van der Waals surface area contributed by atoms with Gasteiger partial charge in [-0.3, -0.25) is 4.79 Å². The maximum Gasteiger partial charge on any atom is 0.224 e. The number of carbonyl (C=O) groups excluding carboxylic acids is 1. The molecule has 2 nitrogen and oxygen atoms in total. The lowest BCUT2D eigenvalue weighted by Crippen LogP contribution is -2.44. The topological polar surface area (TPSA) is 20.3 Å². The molecule has 1 aromatic carbocycles. The van der Waals surface area contributed by atoms with E-state index in [9.17, 15) is 4.79 Å². The first-order valence-electron chi connectivity index (χ1n) is 5.79. The zero-order chi connectivity index (χ0) is 11.9. The number of benzene rings is 1. The highest BCUT2D eigenvalue weighted by molar-refractivity contribution is 5.94. The van der Waals surface area contributed by atoms with E-state index in [1.807, 2.05) is 23.1 Å². The van der Waals surface area contributed by atoms with E-state index < -0.39 is 0 Å². The van der Waals surface area contributed by atoms with Crippen LogP contribution in [0.3, 0.4) is 0 Å². The van der Waals surface area contributed by atoms with Gasteiger partial charge in [-0.1, -0.05) is 39.0 Å². The summed E-state index contributed by atoms with van der Waals surface area (Å²) in [5.41, 5.74) is 2.50. The van der Waals surface area contributed by atoms with Gasteiger partial charge >= 0.3 is 0 Å². The van der Waals surface area contributed by atoms with Crippen molar-refractivity contribution in [3.05, 3.63) is 29.8 Å². The van der Waals surface area contributed by atoms with Crippen molar-refractivity contribution < 1.29 is 4.79 Å². The molecule has 0 radical (unpaired) electrons. The Morgan fingerprint density at radius 1 is 1.31 bits per heavy atom. The molecule has 1 atom stereocenters. The van der Waals surface area contributed by atoms with Gasteiger partial charge in [0.2, 0.25) is 5.91 Å². The summed E-state index contributed by atoms with van der Waals surface area (Å²) in [5, 5.41) is 0. The molecule has 1 unspecified atom stereocenters. The third-order valence-electron chi connectivity index (χ3n) is 3.32. The van der Waals surface area contributed by atoms with Crippen LogP contribution in [0, 0.1) is 5.41 Å². The molecule has 16 heavy (non-hydrogen) atoms. The van der Waals surface area contributed by atoms with E-state index in [1.54, 1.807) is 6.92 Å². The molecular weight excluding hydrogens is 198 g/mol. The van der Waals surface area contributed by atoms with Crippen LogP contribution in [-0.4, -0.2) is 11.9 Å². The second-order valence-electron chi connectivity index (χ2n) is 5.60. The first-order chi connectivity index (χ1) is 7.41. The average Bonchev–Trinajstić information content (AvgIpc) is 2.55. The fraction of sp³-hybridized carbons (Fsp3) is 0.500. The van der Waals surface area contributed by atoms with Crippen LogP contribution in [0.5, 0.6) is 0 Å². The highest BCUT2D eigenvalue weighted by Crippen LogP contribution is 2.39. The van der Waals surface area contributed by atoms with E-state index in [4.69, 9.17) is 0 Å². The van der Waals surface area contributed by atoms with Gasteiger partial charge in [0.15, 0.2) is 0 Å². The predicted octanol–water partition coefficient (Wildman–Crippen LogP) is 3.01. The summed E-state index contributed by atoms with van der Waals surface area (Å²) in [6.45, 7) is 8.24. The number of para-hydroxylation sites is 1. The Morgan fingerprint density at radius 2 is 1.94 bits per heavy atom. The Kier molecular flexibility index (Phi) is 2.53. The van der Waals surface area contributed by atoms with Crippen LogP contribution in [-0.2, 0) is 11.2 Å². The zero-order valence-electron chi connectivity index (χ0n) is 10.4. The number of carbonyl (C=O) groups is 1. The van der Waals surface area contributed by atoms with Crippen LogP contribution in [0.4, 0.5) is 5.69 Å². The number of hydrogen-bond acceptors (Lipinski definition) is 1.